The molecule has 0 spiro atoms. The van der Waals surface area contributed by atoms with Gasteiger partial charge in [0, 0.05) is 0 Å². The fraction of sp³-hybridized carbons (Fsp3) is 0.222. The number of nitrogens with zero attached hydrogens (tertiary/aromatic N) is 1. The van der Waals surface area contributed by atoms with Crippen molar-refractivity contribution >= 4 is 12.1 Å². The minimum atomic E-state index is -6.60. The summed E-state index contributed by atoms with van der Waals surface area (Å²) in [5.74, 6) is -15.0. The van der Waals surface area contributed by atoms with Gasteiger partial charge < -0.3 is 4.74 Å². The third-order valence-electron chi connectivity index (χ3n) is 3.54. The fourth-order valence-electron chi connectivity index (χ4n) is 1.95. The average Bonchev–Trinajstić information content (AvgIpc) is 2.67. The molecular weight excluding hydrogens is 409 g/mol. The maximum atomic E-state index is 13.1. The number of ether oxygens (including phenoxy) is 1. The van der Waals surface area contributed by atoms with Crippen LogP contribution < -0.4 is 10.2 Å². The summed E-state index contributed by atoms with van der Waals surface area (Å²) >= 11 is 0. The lowest BCUT2D eigenvalue weighted by Crippen LogP contribution is -2.58. The summed E-state index contributed by atoms with van der Waals surface area (Å²) in [7, 11) is 0. The highest BCUT2D eigenvalue weighted by molar-refractivity contribution is 5.87. The molecule has 2 aromatic rings. The molecule has 156 valence electrons. The molecule has 0 bridgehead atoms. The normalized spacial score (nSPS) is 12.8. The number of rotatable bonds is 7. The number of carbonyl (C=O) groups is 1. The Morgan fingerprint density at radius 2 is 1.52 bits per heavy atom. The van der Waals surface area contributed by atoms with Gasteiger partial charge in [-0.05, 0) is 35.4 Å². The first-order valence-corrected chi connectivity index (χ1v) is 7.88. The van der Waals surface area contributed by atoms with Crippen LogP contribution in [0.4, 0.5) is 30.7 Å². The second-order valence-corrected chi connectivity index (χ2v) is 5.69. The summed E-state index contributed by atoms with van der Waals surface area (Å²) in [4.78, 5) is 11.0. The van der Waals surface area contributed by atoms with E-state index in [4.69, 9.17) is 4.74 Å². The predicted octanol–water partition coefficient (Wildman–Crippen LogP) is 4.55. The van der Waals surface area contributed by atoms with Crippen molar-refractivity contribution in [2.45, 2.75) is 24.6 Å². The van der Waals surface area contributed by atoms with Crippen molar-refractivity contribution in [2.75, 3.05) is 0 Å². The van der Waals surface area contributed by atoms with E-state index in [0.717, 1.165) is 17.2 Å². The highest BCUT2D eigenvalue weighted by Gasteiger charge is 2.76. The first kappa shape index (κ1) is 22.2. The van der Waals surface area contributed by atoms with E-state index in [1.54, 1.807) is 0 Å². The summed E-state index contributed by atoms with van der Waals surface area (Å²) in [5, 5.41) is 2.98. The van der Waals surface area contributed by atoms with Crippen LogP contribution in [0.15, 0.2) is 59.7 Å². The molecule has 0 atom stereocenters. The van der Waals surface area contributed by atoms with Crippen LogP contribution in [0.3, 0.4) is 0 Å². The molecule has 29 heavy (non-hydrogen) atoms. The number of nitrogens with one attached hydrogen (secondary N) is 1. The van der Waals surface area contributed by atoms with Gasteiger partial charge in [-0.15, -0.1) is 0 Å². The molecule has 0 fully saturated rings. The highest BCUT2D eigenvalue weighted by Crippen LogP contribution is 2.46. The van der Waals surface area contributed by atoms with Crippen molar-refractivity contribution in [1.29, 1.82) is 0 Å². The lowest BCUT2D eigenvalue weighted by Gasteiger charge is -2.26. The Labute approximate surface area is 160 Å². The third kappa shape index (κ3) is 5.24. The number of amides is 1. The largest absolute Gasteiger partial charge is 0.489 e. The second-order valence-electron chi connectivity index (χ2n) is 5.69. The maximum absolute atomic E-state index is 13.1. The van der Waals surface area contributed by atoms with Crippen LogP contribution in [-0.4, -0.2) is 30.1 Å². The topological polar surface area (TPSA) is 50.7 Å². The second kappa shape index (κ2) is 8.50. The van der Waals surface area contributed by atoms with Crippen LogP contribution in [0.1, 0.15) is 11.1 Å². The van der Waals surface area contributed by atoms with E-state index >= 15 is 0 Å². The number of alkyl halides is 7. The van der Waals surface area contributed by atoms with Gasteiger partial charge in [0.2, 0.25) is 0 Å². The molecule has 0 aliphatic carbocycles. The molecule has 2 rings (SSSR count). The van der Waals surface area contributed by atoms with E-state index in [0.29, 0.717) is 5.75 Å². The van der Waals surface area contributed by atoms with Gasteiger partial charge in [-0.25, -0.2) is 5.43 Å². The summed E-state index contributed by atoms with van der Waals surface area (Å²) in [6.45, 7) is 0.285. The number of benzene rings is 2. The summed E-state index contributed by atoms with van der Waals surface area (Å²) in [6.07, 6.45) is -5.81. The third-order valence-corrected chi connectivity index (χ3v) is 3.54. The zero-order chi connectivity index (χ0) is 21.7. The van der Waals surface area contributed by atoms with E-state index in [-0.39, 0.29) is 12.2 Å². The predicted molar refractivity (Wildman–Crippen MR) is 88.9 cm³/mol. The van der Waals surface area contributed by atoms with Crippen molar-refractivity contribution in [3.8, 4) is 5.75 Å². The van der Waals surface area contributed by atoms with E-state index in [1.165, 1.54) is 24.3 Å². The molecule has 11 heteroatoms. The molecule has 0 radical (unpaired) electrons. The number of halogens is 7. The molecular formula is C18H13F7N2O2. The van der Waals surface area contributed by atoms with Gasteiger partial charge >= 0.3 is 23.9 Å². The van der Waals surface area contributed by atoms with Crippen LogP contribution >= 0.6 is 0 Å². The Hall–Kier alpha value is -3.11. The van der Waals surface area contributed by atoms with Gasteiger partial charge in [-0.2, -0.15) is 35.8 Å². The van der Waals surface area contributed by atoms with Crippen molar-refractivity contribution < 1.29 is 40.3 Å². The van der Waals surface area contributed by atoms with Crippen LogP contribution in [0.25, 0.3) is 0 Å². The zero-order valence-electron chi connectivity index (χ0n) is 14.4. The van der Waals surface area contributed by atoms with Gasteiger partial charge in [-0.3, -0.25) is 4.79 Å². The molecule has 1 amide bonds. The number of carbonyl (C=O) groups excluding carboxylic acids is 1. The number of hydrogen-bond donors (Lipinski definition) is 1. The maximum Gasteiger partial charge on any atom is 0.460 e. The Bertz CT molecular complexity index is 851. The molecule has 0 heterocycles. The van der Waals surface area contributed by atoms with Gasteiger partial charge in [0.15, 0.2) is 0 Å². The van der Waals surface area contributed by atoms with E-state index in [2.05, 4.69) is 5.10 Å². The van der Waals surface area contributed by atoms with Crippen LogP contribution in [0.5, 0.6) is 5.75 Å². The number of hydrogen-bond acceptors (Lipinski definition) is 3. The zero-order valence-corrected chi connectivity index (χ0v) is 14.4. The van der Waals surface area contributed by atoms with Crippen molar-refractivity contribution in [1.82, 2.24) is 5.43 Å². The highest BCUT2D eigenvalue weighted by atomic mass is 19.4. The smallest absolute Gasteiger partial charge is 0.460 e. The summed E-state index contributed by atoms with van der Waals surface area (Å²) < 4.78 is 93.3. The lowest BCUT2D eigenvalue weighted by atomic mass is 10.1. The van der Waals surface area contributed by atoms with Gasteiger partial charge in [0.1, 0.15) is 12.4 Å². The Balaban J connectivity index is 1.94. The van der Waals surface area contributed by atoms with Crippen molar-refractivity contribution in [2.24, 2.45) is 5.10 Å². The first-order valence-electron chi connectivity index (χ1n) is 7.88. The molecule has 0 unspecified atom stereocenters. The minimum absolute atomic E-state index is 0.239. The molecule has 0 saturated heterocycles. The van der Waals surface area contributed by atoms with E-state index in [9.17, 15) is 35.5 Å². The lowest BCUT2D eigenvalue weighted by molar-refractivity contribution is -0.344. The van der Waals surface area contributed by atoms with E-state index in [1.807, 2.05) is 30.3 Å². The quantitative estimate of drug-likeness (QED) is 0.405. The molecule has 0 aliphatic rings. The Morgan fingerprint density at radius 1 is 0.931 bits per heavy atom. The molecule has 2 aromatic carbocycles. The molecule has 0 aromatic heterocycles. The van der Waals surface area contributed by atoms with Crippen molar-refractivity contribution in [3.63, 3.8) is 0 Å². The molecule has 4 nitrogen and oxygen atoms in total. The van der Waals surface area contributed by atoms with E-state index < -0.39 is 23.9 Å². The van der Waals surface area contributed by atoms with Crippen LogP contribution in [-0.2, 0) is 11.4 Å². The standard InChI is InChI=1S/C18H13F7N2O2/c19-16(20,17(21,22)18(23,24)25)15(28)27-26-10-12-6-8-14(9-7-12)29-11-13-4-2-1-3-5-13/h1-10H,11H2,(H,27,28)/b26-10-. The fourth-order valence-corrected chi connectivity index (χ4v) is 1.95. The molecule has 0 aliphatic heterocycles. The molecule has 1 N–H and O–H groups in total. The summed E-state index contributed by atoms with van der Waals surface area (Å²) in [6, 6.07) is 15.0. The Morgan fingerprint density at radius 3 is 2.07 bits per heavy atom. The molecule has 0 saturated carbocycles. The summed E-state index contributed by atoms with van der Waals surface area (Å²) in [5.41, 5.74) is 2.13. The Kier molecular flexibility index (Phi) is 6.50. The SMILES string of the molecule is O=C(N/N=C\c1ccc(OCc2ccccc2)cc1)C(F)(F)C(F)(F)C(F)(F)F. The first-order chi connectivity index (χ1) is 13.4. The van der Waals surface area contributed by atoms with Crippen molar-refractivity contribution in [3.05, 3.63) is 65.7 Å². The monoisotopic (exact) mass is 422 g/mol. The minimum Gasteiger partial charge on any atom is -0.489 e. The van der Waals surface area contributed by atoms with Gasteiger partial charge in [-0.1, -0.05) is 30.3 Å². The van der Waals surface area contributed by atoms with Crippen LogP contribution in [0.2, 0.25) is 0 Å². The number of hydrazone groups is 1. The van der Waals surface area contributed by atoms with Crippen LogP contribution in [0, 0.1) is 0 Å². The van der Waals surface area contributed by atoms with Gasteiger partial charge in [0.25, 0.3) is 0 Å². The average molecular weight is 422 g/mol. The van der Waals surface area contributed by atoms with Gasteiger partial charge in [0.05, 0.1) is 6.21 Å².